The number of aromatic nitrogens is 5. The van der Waals surface area contributed by atoms with Crippen molar-refractivity contribution in [1.29, 1.82) is 0 Å². The number of rotatable bonds is 4. The van der Waals surface area contributed by atoms with Crippen molar-refractivity contribution in [1.82, 2.24) is 25.2 Å². The average Bonchev–Trinajstić information content (AvgIpc) is 3.03. The number of para-hydroxylation sites is 2. The first-order chi connectivity index (χ1) is 9.40. The molecule has 1 saturated carbocycles. The number of hydrogen-bond donors (Lipinski definition) is 0. The highest BCUT2D eigenvalue weighted by atomic mass is 32.2. The van der Waals surface area contributed by atoms with Gasteiger partial charge in [0.05, 0.1) is 11.8 Å². The average molecular weight is 273 g/mol. The lowest BCUT2D eigenvalue weighted by atomic mass is 10.3. The highest BCUT2D eigenvalue weighted by Gasteiger charge is 2.28. The Labute approximate surface area is 113 Å². The van der Waals surface area contributed by atoms with E-state index in [2.05, 4.69) is 20.5 Å². The van der Waals surface area contributed by atoms with E-state index in [1.165, 1.54) is 12.8 Å². The van der Waals surface area contributed by atoms with Crippen LogP contribution < -0.4 is 0 Å². The van der Waals surface area contributed by atoms with Crippen molar-refractivity contribution < 1.29 is 4.42 Å². The minimum Gasteiger partial charge on any atom is -0.440 e. The van der Waals surface area contributed by atoms with Crippen LogP contribution in [-0.4, -0.2) is 25.2 Å². The number of hydrogen-bond acceptors (Lipinski definition) is 6. The fraction of sp³-hybridized carbons (Fsp3) is 0.333. The van der Waals surface area contributed by atoms with Crippen LogP contribution in [0.15, 0.2) is 33.8 Å². The number of nitrogens with zero attached hydrogens (tertiary/aromatic N) is 5. The lowest BCUT2D eigenvalue weighted by Crippen LogP contribution is -1.98. The minimum atomic E-state index is 0.487. The predicted molar refractivity (Wildman–Crippen MR) is 69.7 cm³/mol. The Morgan fingerprint density at radius 3 is 3.05 bits per heavy atom. The predicted octanol–water partition coefficient (Wildman–Crippen LogP) is 2.44. The third kappa shape index (κ3) is 2.10. The summed E-state index contributed by atoms with van der Waals surface area (Å²) in [4.78, 5) is 4.44. The molecule has 1 aliphatic carbocycles. The summed E-state index contributed by atoms with van der Waals surface area (Å²) in [6.07, 6.45) is 2.34. The van der Waals surface area contributed by atoms with Gasteiger partial charge in [-0.25, -0.2) is 9.67 Å². The van der Waals surface area contributed by atoms with Crippen molar-refractivity contribution in [3.63, 3.8) is 0 Å². The number of tetrazole rings is 1. The summed E-state index contributed by atoms with van der Waals surface area (Å²) >= 11 is 1.56. The first kappa shape index (κ1) is 11.0. The molecule has 3 aromatic rings. The lowest BCUT2D eigenvalue weighted by molar-refractivity contribution is 0.551. The third-order valence-corrected chi connectivity index (χ3v) is 3.94. The molecule has 1 aromatic carbocycles. The molecular weight excluding hydrogens is 262 g/mol. The summed E-state index contributed by atoms with van der Waals surface area (Å²) in [5.74, 6) is 1.35. The van der Waals surface area contributed by atoms with E-state index < -0.39 is 0 Å². The van der Waals surface area contributed by atoms with E-state index in [9.17, 15) is 0 Å². The normalized spacial score (nSPS) is 15.2. The fourth-order valence-electron chi connectivity index (χ4n) is 1.94. The van der Waals surface area contributed by atoms with E-state index >= 15 is 0 Å². The smallest absolute Gasteiger partial charge is 0.210 e. The monoisotopic (exact) mass is 273 g/mol. The zero-order valence-electron chi connectivity index (χ0n) is 10.1. The van der Waals surface area contributed by atoms with Crippen LogP contribution in [0.1, 0.15) is 24.8 Å². The van der Waals surface area contributed by atoms with E-state index in [0.717, 1.165) is 16.3 Å². The van der Waals surface area contributed by atoms with Gasteiger partial charge >= 0.3 is 0 Å². The van der Waals surface area contributed by atoms with Crippen molar-refractivity contribution in [2.24, 2.45) is 0 Å². The molecule has 0 atom stereocenters. The van der Waals surface area contributed by atoms with Gasteiger partial charge < -0.3 is 4.42 Å². The lowest BCUT2D eigenvalue weighted by Gasteiger charge is -1.99. The van der Waals surface area contributed by atoms with Gasteiger partial charge in [-0.05, 0) is 35.4 Å². The number of thioether (sulfide) groups is 1. The highest BCUT2D eigenvalue weighted by molar-refractivity contribution is 7.98. The van der Waals surface area contributed by atoms with Crippen LogP contribution in [0, 0.1) is 0 Å². The van der Waals surface area contributed by atoms with Crippen LogP contribution in [0.5, 0.6) is 0 Å². The molecule has 0 spiro atoms. The van der Waals surface area contributed by atoms with E-state index in [0.29, 0.717) is 17.7 Å². The molecule has 2 heterocycles. The second-order valence-electron chi connectivity index (χ2n) is 4.50. The van der Waals surface area contributed by atoms with Crippen LogP contribution >= 0.6 is 11.8 Å². The van der Waals surface area contributed by atoms with Crippen LogP contribution in [0.3, 0.4) is 0 Å². The number of oxazole rings is 1. The van der Waals surface area contributed by atoms with Gasteiger partial charge in [0, 0.05) is 0 Å². The molecule has 0 N–H and O–H groups in total. The largest absolute Gasteiger partial charge is 0.440 e. The zero-order chi connectivity index (χ0) is 12.7. The number of fused-ring (bicyclic) bond motifs is 1. The van der Waals surface area contributed by atoms with Gasteiger partial charge in [0.2, 0.25) is 11.0 Å². The standard InChI is InChI=1S/C12H11N5OS/c1-2-4-10-9(3-1)13-11(18-10)7-19-12-14-15-16-17(12)8-5-6-8/h1-4,8H,5-7H2. The molecule has 0 aliphatic heterocycles. The topological polar surface area (TPSA) is 69.6 Å². The Balaban J connectivity index is 1.53. The van der Waals surface area contributed by atoms with Crippen molar-refractivity contribution >= 4 is 22.9 Å². The molecule has 96 valence electrons. The quantitative estimate of drug-likeness (QED) is 0.680. The van der Waals surface area contributed by atoms with Crippen LogP contribution in [0.2, 0.25) is 0 Å². The Morgan fingerprint density at radius 1 is 1.32 bits per heavy atom. The summed E-state index contributed by atoms with van der Waals surface area (Å²) in [6, 6.07) is 8.25. The molecule has 1 aliphatic rings. The van der Waals surface area contributed by atoms with E-state index in [-0.39, 0.29) is 0 Å². The molecule has 0 saturated heterocycles. The highest BCUT2D eigenvalue weighted by Crippen LogP contribution is 2.36. The summed E-state index contributed by atoms with van der Waals surface area (Å²) in [5, 5.41) is 12.6. The van der Waals surface area contributed by atoms with Crippen molar-refractivity contribution in [3.05, 3.63) is 30.2 Å². The molecule has 6 nitrogen and oxygen atoms in total. The molecule has 0 amide bonds. The van der Waals surface area contributed by atoms with Gasteiger partial charge in [-0.1, -0.05) is 23.9 Å². The Morgan fingerprint density at radius 2 is 2.21 bits per heavy atom. The molecule has 1 fully saturated rings. The molecule has 0 unspecified atom stereocenters. The summed E-state index contributed by atoms with van der Waals surface area (Å²) in [6.45, 7) is 0. The summed E-state index contributed by atoms with van der Waals surface area (Å²) in [7, 11) is 0. The maximum absolute atomic E-state index is 5.67. The second-order valence-corrected chi connectivity index (χ2v) is 5.44. The van der Waals surface area contributed by atoms with Crippen molar-refractivity contribution in [2.75, 3.05) is 0 Å². The van der Waals surface area contributed by atoms with Gasteiger partial charge in [0.1, 0.15) is 5.52 Å². The zero-order valence-corrected chi connectivity index (χ0v) is 10.9. The first-order valence-corrected chi connectivity index (χ1v) is 7.14. The third-order valence-electron chi connectivity index (χ3n) is 3.02. The Bertz CT molecular complexity index is 685. The van der Waals surface area contributed by atoms with Gasteiger partial charge in [-0.15, -0.1) is 5.10 Å². The maximum Gasteiger partial charge on any atom is 0.210 e. The van der Waals surface area contributed by atoms with Gasteiger partial charge in [0.15, 0.2) is 5.58 Å². The van der Waals surface area contributed by atoms with Crippen molar-refractivity contribution in [3.8, 4) is 0 Å². The fourth-order valence-corrected chi connectivity index (χ4v) is 2.72. The number of benzene rings is 1. The molecule has 7 heteroatoms. The molecule has 4 rings (SSSR count). The SMILES string of the molecule is c1ccc2oc(CSc3nnnn3C3CC3)nc2c1. The van der Waals surface area contributed by atoms with E-state index in [1.54, 1.807) is 11.8 Å². The van der Waals surface area contributed by atoms with Gasteiger partial charge in [0.25, 0.3) is 0 Å². The van der Waals surface area contributed by atoms with E-state index in [4.69, 9.17) is 4.42 Å². The first-order valence-electron chi connectivity index (χ1n) is 6.15. The maximum atomic E-state index is 5.67. The Hall–Kier alpha value is -1.89. The van der Waals surface area contributed by atoms with Crippen LogP contribution in [0.4, 0.5) is 0 Å². The Kier molecular flexibility index (Phi) is 2.51. The second kappa shape index (κ2) is 4.34. The minimum absolute atomic E-state index is 0.487. The molecular formula is C12H11N5OS. The van der Waals surface area contributed by atoms with Gasteiger partial charge in [-0.3, -0.25) is 0 Å². The summed E-state index contributed by atoms with van der Waals surface area (Å²) in [5.41, 5.74) is 1.71. The van der Waals surface area contributed by atoms with Crippen molar-refractivity contribution in [2.45, 2.75) is 29.8 Å². The molecule has 19 heavy (non-hydrogen) atoms. The van der Waals surface area contributed by atoms with Gasteiger partial charge in [-0.2, -0.15) is 0 Å². The van der Waals surface area contributed by atoms with Crippen LogP contribution in [-0.2, 0) is 5.75 Å². The molecule has 2 aromatic heterocycles. The molecule has 0 bridgehead atoms. The van der Waals surface area contributed by atoms with E-state index in [1.807, 2.05) is 28.9 Å². The summed E-state index contributed by atoms with van der Waals surface area (Å²) < 4.78 is 7.57. The van der Waals surface area contributed by atoms with Crippen LogP contribution in [0.25, 0.3) is 11.1 Å². The molecule has 0 radical (unpaired) electrons.